The summed E-state index contributed by atoms with van der Waals surface area (Å²) >= 11 is 1.67. The fourth-order valence-electron chi connectivity index (χ4n) is 1.15. The van der Waals surface area contributed by atoms with Gasteiger partial charge in [0.1, 0.15) is 0 Å². The van der Waals surface area contributed by atoms with Gasteiger partial charge in [0.15, 0.2) is 0 Å². The minimum Gasteiger partial charge on any atom is -0.346 e. The van der Waals surface area contributed by atoms with E-state index >= 15 is 0 Å². The molecule has 2 nitrogen and oxygen atoms in total. The van der Waals surface area contributed by atoms with Crippen LogP contribution < -0.4 is 5.32 Å². The minimum atomic E-state index is -0.254. The highest BCUT2D eigenvalue weighted by Crippen LogP contribution is 2.24. The zero-order valence-electron chi connectivity index (χ0n) is 9.13. The van der Waals surface area contributed by atoms with Gasteiger partial charge < -0.3 is 5.32 Å². The zero-order valence-corrected chi connectivity index (χ0v) is 9.94. The van der Waals surface area contributed by atoms with E-state index in [4.69, 9.17) is 0 Å². The topological polar surface area (TPSA) is 29.1 Å². The lowest BCUT2D eigenvalue weighted by molar-refractivity contribution is -0.125. The molecule has 78 valence electrons. The third-order valence-electron chi connectivity index (χ3n) is 2.10. The molecule has 0 atom stereocenters. The van der Waals surface area contributed by atoms with E-state index in [2.05, 4.69) is 5.32 Å². The molecule has 0 spiro atoms. The maximum atomic E-state index is 11.5. The van der Waals surface area contributed by atoms with Crippen LogP contribution >= 0.6 is 11.3 Å². The van der Waals surface area contributed by atoms with E-state index in [1.54, 1.807) is 11.3 Å². The van der Waals surface area contributed by atoms with E-state index in [9.17, 15) is 4.79 Å². The highest BCUT2D eigenvalue weighted by Gasteiger charge is 2.24. The summed E-state index contributed by atoms with van der Waals surface area (Å²) in [5.41, 5.74) is -0.254. The molecule has 0 aromatic carbocycles. The molecule has 0 radical (unpaired) electrons. The molecule has 0 aliphatic heterocycles. The van der Waals surface area contributed by atoms with Crippen LogP contribution in [-0.4, -0.2) is 5.91 Å². The van der Waals surface area contributed by atoms with E-state index in [-0.39, 0.29) is 17.4 Å². The van der Waals surface area contributed by atoms with Gasteiger partial charge in [-0.25, -0.2) is 0 Å². The van der Waals surface area contributed by atoms with Gasteiger partial charge >= 0.3 is 0 Å². The van der Waals surface area contributed by atoms with E-state index in [1.165, 1.54) is 4.88 Å². The van der Waals surface area contributed by atoms with Crippen LogP contribution in [0.25, 0.3) is 0 Å². The normalized spacial score (nSPS) is 11.8. The molecular formula is C11H17NOS. The maximum Gasteiger partial charge on any atom is 0.223 e. The first-order valence-corrected chi connectivity index (χ1v) is 5.67. The third-order valence-corrected chi connectivity index (χ3v) is 3.29. The molecule has 0 aliphatic carbocycles. The number of carbonyl (C=O) groups excluding carboxylic acids is 1. The zero-order chi connectivity index (χ0) is 10.8. The van der Waals surface area contributed by atoms with Crippen molar-refractivity contribution in [2.75, 3.05) is 0 Å². The summed E-state index contributed by atoms with van der Waals surface area (Å²) in [7, 11) is 0. The van der Waals surface area contributed by atoms with Crippen LogP contribution in [0.2, 0.25) is 0 Å². The number of hydrogen-bond acceptors (Lipinski definition) is 2. The Hall–Kier alpha value is -0.830. The fraction of sp³-hybridized carbons (Fsp3) is 0.545. The van der Waals surface area contributed by atoms with Gasteiger partial charge in [0, 0.05) is 10.8 Å². The van der Waals surface area contributed by atoms with Crippen LogP contribution in [-0.2, 0) is 10.3 Å². The fourth-order valence-corrected chi connectivity index (χ4v) is 1.95. The lowest BCUT2D eigenvalue weighted by Crippen LogP contribution is -2.42. The summed E-state index contributed by atoms with van der Waals surface area (Å²) in [5, 5.41) is 5.06. The van der Waals surface area contributed by atoms with Crippen LogP contribution in [0.15, 0.2) is 17.5 Å². The SMILES string of the molecule is CC(C)C(=O)NC(C)(C)c1cccs1. The van der Waals surface area contributed by atoms with E-state index in [0.29, 0.717) is 0 Å². The van der Waals surface area contributed by atoms with Crippen molar-refractivity contribution >= 4 is 17.2 Å². The number of hydrogen-bond donors (Lipinski definition) is 1. The molecule has 0 unspecified atom stereocenters. The predicted molar refractivity (Wildman–Crippen MR) is 60.3 cm³/mol. The monoisotopic (exact) mass is 211 g/mol. The molecule has 14 heavy (non-hydrogen) atoms. The molecule has 1 rings (SSSR count). The molecule has 1 amide bonds. The van der Waals surface area contributed by atoms with E-state index in [1.807, 2.05) is 45.2 Å². The third kappa shape index (κ3) is 2.58. The molecule has 0 aliphatic rings. The largest absolute Gasteiger partial charge is 0.346 e. The lowest BCUT2D eigenvalue weighted by atomic mass is 10.0. The Morgan fingerprint density at radius 3 is 2.57 bits per heavy atom. The standard InChI is InChI=1S/C11H17NOS/c1-8(2)10(13)12-11(3,4)9-6-5-7-14-9/h5-8H,1-4H3,(H,12,13). The quantitative estimate of drug-likeness (QED) is 0.818. The molecule has 0 bridgehead atoms. The Kier molecular flexibility index (Phi) is 3.32. The first kappa shape index (κ1) is 11.2. The molecule has 3 heteroatoms. The first-order valence-electron chi connectivity index (χ1n) is 4.79. The Morgan fingerprint density at radius 2 is 2.14 bits per heavy atom. The maximum absolute atomic E-state index is 11.5. The van der Waals surface area contributed by atoms with Crippen LogP contribution in [0, 0.1) is 5.92 Å². The first-order chi connectivity index (χ1) is 6.43. The van der Waals surface area contributed by atoms with Gasteiger partial charge in [0.25, 0.3) is 0 Å². The Balaban J connectivity index is 2.72. The van der Waals surface area contributed by atoms with E-state index in [0.717, 1.165) is 0 Å². The summed E-state index contributed by atoms with van der Waals surface area (Å²) in [5.74, 6) is 0.137. The molecule has 0 saturated heterocycles. The number of nitrogens with one attached hydrogen (secondary N) is 1. The van der Waals surface area contributed by atoms with Gasteiger partial charge in [-0.1, -0.05) is 19.9 Å². The predicted octanol–water partition coefficient (Wildman–Crippen LogP) is 2.76. The number of amides is 1. The second-order valence-corrected chi connectivity index (χ2v) is 5.19. The highest BCUT2D eigenvalue weighted by atomic mass is 32.1. The van der Waals surface area contributed by atoms with Gasteiger partial charge in [-0.15, -0.1) is 11.3 Å². The molecule has 0 fully saturated rings. The molecule has 0 saturated carbocycles. The van der Waals surface area contributed by atoms with Gasteiger partial charge in [-0.3, -0.25) is 4.79 Å². The lowest BCUT2D eigenvalue weighted by Gasteiger charge is -2.26. The molecule has 1 heterocycles. The van der Waals surface area contributed by atoms with Crippen molar-refractivity contribution in [2.24, 2.45) is 5.92 Å². The smallest absolute Gasteiger partial charge is 0.223 e. The summed E-state index contributed by atoms with van der Waals surface area (Å²) in [6, 6.07) is 4.05. The van der Waals surface area contributed by atoms with Crippen molar-refractivity contribution in [3.63, 3.8) is 0 Å². The van der Waals surface area contributed by atoms with Crippen LogP contribution in [0.5, 0.6) is 0 Å². The van der Waals surface area contributed by atoms with Crippen LogP contribution in [0.3, 0.4) is 0 Å². The molecule has 1 N–H and O–H groups in total. The average molecular weight is 211 g/mol. The van der Waals surface area contributed by atoms with Crippen molar-refractivity contribution < 1.29 is 4.79 Å². The van der Waals surface area contributed by atoms with Gasteiger partial charge in [-0.2, -0.15) is 0 Å². The van der Waals surface area contributed by atoms with Gasteiger partial charge in [0.2, 0.25) is 5.91 Å². The average Bonchev–Trinajstić information content (AvgIpc) is 2.54. The summed E-state index contributed by atoms with van der Waals surface area (Å²) < 4.78 is 0. The van der Waals surface area contributed by atoms with Crippen molar-refractivity contribution in [1.29, 1.82) is 0 Å². The Bertz CT molecular complexity index is 301. The van der Waals surface area contributed by atoms with Gasteiger partial charge in [0.05, 0.1) is 5.54 Å². The van der Waals surface area contributed by atoms with Gasteiger partial charge in [-0.05, 0) is 25.3 Å². The number of thiophene rings is 1. The van der Waals surface area contributed by atoms with Crippen molar-refractivity contribution in [1.82, 2.24) is 5.32 Å². The summed E-state index contributed by atoms with van der Waals surface area (Å²) in [6.07, 6.45) is 0. The molecular weight excluding hydrogens is 194 g/mol. The van der Waals surface area contributed by atoms with Crippen LogP contribution in [0.1, 0.15) is 32.6 Å². The van der Waals surface area contributed by atoms with Crippen molar-refractivity contribution in [2.45, 2.75) is 33.2 Å². The second-order valence-electron chi connectivity index (χ2n) is 4.25. The van der Waals surface area contributed by atoms with Crippen molar-refractivity contribution in [3.05, 3.63) is 22.4 Å². The van der Waals surface area contributed by atoms with Crippen molar-refractivity contribution in [3.8, 4) is 0 Å². The minimum absolute atomic E-state index is 0.0363. The number of carbonyl (C=O) groups is 1. The highest BCUT2D eigenvalue weighted by molar-refractivity contribution is 7.10. The summed E-state index contributed by atoms with van der Waals surface area (Å²) in [4.78, 5) is 12.7. The van der Waals surface area contributed by atoms with Crippen LogP contribution in [0.4, 0.5) is 0 Å². The van der Waals surface area contributed by atoms with E-state index < -0.39 is 0 Å². The molecule has 1 aromatic heterocycles. The summed E-state index contributed by atoms with van der Waals surface area (Å²) in [6.45, 7) is 7.86. The number of rotatable bonds is 3. The Morgan fingerprint density at radius 1 is 1.50 bits per heavy atom. The second kappa shape index (κ2) is 4.13. The Labute approximate surface area is 89.3 Å². The molecule has 1 aromatic rings.